The summed E-state index contributed by atoms with van der Waals surface area (Å²) < 4.78 is 12.4. The zero-order valence-corrected chi connectivity index (χ0v) is 12.5. The van der Waals surface area contributed by atoms with Crippen molar-refractivity contribution in [1.82, 2.24) is 0 Å². The Morgan fingerprint density at radius 1 is 1.30 bits per heavy atom. The molecule has 1 atom stereocenters. The van der Waals surface area contributed by atoms with E-state index in [1.165, 1.54) is 0 Å². The van der Waals surface area contributed by atoms with Crippen molar-refractivity contribution >= 4 is 28.1 Å². The molecule has 3 nitrogen and oxygen atoms in total. The average Bonchev–Trinajstić information content (AvgIpc) is 2.43. The van der Waals surface area contributed by atoms with E-state index in [-0.39, 0.29) is 0 Å². The number of hydrogen-bond acceptors (Lipinski definition) is 3. The van der Waals surface area contributed by atoms with Gasteiger partial charge >= 0.3 is 0 Å². The number of nitrogens with zero attached hydrogens (tertiary/aromatic N) is 1. The molecule has 0 spiro atoms. The fraction of sp³-hybridized carbons (Fsp3) is 0.133. The van der Waals surface area contributed by atoms with Crippen molar-refractivity contribution in [3.05, 3.63) is 58.1 Å². The van der Waals surface area contributed by atoms with Crippen LogP contribution in [0.2, 0.25) is 5.02 Å². The van der Waals surface area contributed by atoms with Gasteiger partial charge in [0.15, 0.2) is 0 Å². The normalized spacial score (nSPS) is 11.8. The molecule has 0 bridgehead atoms. The van der Waals surface area contributed by atoms with E-state index < -0.39 is 10.8 Å². The van der Waals surface area contributed by atoms with Gasteiger partial charge in [0.2, 0.25) is 0 Å². The van der Waals surface area contributed by atoms with E-state index in [9.17, 15) is 4.21 Å². The summed E-state index contributed by atoms with van der Waals surface area (Å²) >= 11 is 6.10. The highest BCUT2D eigenvalue weighted by Gasteiger charge is 2.11. The summed E-state index contributed by atoms with van der Waals surface area (Å²) in [5.41, 5.74) is 8.50. The molecular formula is C15H13ClN2OS. The van der Waals surface area contributed by atoms with Gasteiger partial charge in [0.25, 0.3) is 0 Å². The number of nitrogen functional groups attached to an aromatic ring is 1. The molecule has 0 aliphatic heterocycles. The van der Waals surface area contributed by atoms with Crippen LogP contribution in [-0.4, -0.2) is 4.21 Å². The third-order valence-electron chi connectivity index (χ3n) is 2.93. The van der Waals surface area contributed by atoms with E-state index in [0.29, 0.717) is 26.9 Å². The number of aryl methyl sites for hydroxylation is 1. The maximum Gasteiger partial charge on any atom is 0.0992 e. The first-order chi connectivity index (χ1) is 9.51. The number of anilines is 1. The quantitative estimate of drug-likeness (QED) is 0.884. The van der Waals surface area contributed by atoms with Crippen LogP contribution in [0.15, 0.2) is 41.3 Å². The van der Waals surface area contributed by atoms with E-state index in [0.717, 1.165) is 11.1 Å². The smallest absolute Gasteiger partial charge is 0.0992 e. The van der Waals surface area contributed by atoms with Gasteiger partial charge in [-0.15, -0.1) is 0 Å². The minimum Gasteiger partial charge on any atom is -0.399 e. The molecule has 0 heterocycles. The van der Waals surface area contributed by atoms with Gasteiger partial charge in [-0.05, 0) is 42.3 Å². The number of benzene rings is 2. The third-order valence-corrected chi connectivity index (χ3v) is 4.78. The Balaban J connectivity index is 2.28. The molecule has 0 amide bonds. The van der Waals surface area contributed by atoms with Crippen LogP contribution in [0.5, 0.6) is 0 Å². The standard InChI is InChI=1S/C15H13ClN2OS/c1-10-2-5-13(18)7-15(10)20(19)9-12-4-3-11(8-17)6-14(12)16/h2-7H,9,18H2,1H3. The van der Waals surface area contributed by atoms with Gasteiger partial charge in [-0.1, -0.05) is 23.7 Å². The predicted molar refractivity (Wildman–Crippen MR) is 81.9 cm³/mol. The monoisotopic (exact) mass is 304 g/mol. The first kappa shape index (κ1) is 14.6. The summed E-state index contributed by atoms with van der Waals surface area (Å²) in [7, 11) is -1.22. The fourth-order valence-corrected chi connectivity index (χ4v) is 3.53. The minimum absolute atomic E-state index is 0.300. The Kier molecular flexibility index (Phi) is 4.43. The molecule has 0 radical (unpaired) electrons. The Hall–Kier alpha value is -1.83. The van der Waals surface area contributed by atoms with E-state index in [4.69, 9.17) is 22.6 Å². The average molecular weight is 305 g/mol. The first-order valence-electron chi connectivity index (χ1n) is 5.94. The number of nitrogens with two attached hydrogens (primary N) is 1. The van der Waals surface area contributed by atoms with Crippen LogP contribution in [0.1, 0.15) is 16.7 Å². The Labute approximate surface area is 125 Å². The lowest BCUT2D eigenvalue weighted by Crippen LogP contribution is -2.01. The summed E-state index contributed by atoms with van der Waals surface area (Å²) in [6.45, 7) is 1.90. The Morgan fingerprint density at radius 2 is 2.05 bits per heavy atom. The molecule has 1 unspecified atom stereocenters. The maximum atomic E-state index is 12.4. The van der Waals surface area contributed by atoms with Crippen molar-refractivity contribution in [1.29, 1.82) is 5.26 Å². The summed E-state index contributed by atoms with van der Waals surface area (Å²) in [5.74, 6) is 0.300. The summed E-state index contributed by atoms with van der Waals surface area (Å²) in [4.78, 5) is 0.713. The molecule has 0 fully saturated rings. The highest BCUT2D eigenvalue weighted by molar-refractivity contribution is 7.84. The maximum absolute atomic E-state index is 12.4. The van der Waals surface area contributed by atoms with Gasteiger partial charge in [-0.3, -0.25) is 4.21 Å². The van der Waals surface area contributed by atoms with E-state index in [2.05, 4.69) is 0 Å². The fourth-order valence-electron chi connectivity index (χ4n) is 1.81. The van der Waals surface area contributed by atoms with Crippen LogP contribution in [-0.2, 0) is 16.6 Å². The molecule has 2 aromatic carbocycles. The summed E-state index contributed by atoms with van der Waals surface area (Å²) in [6.07, 6.45) is 0. The molecule has 2 N–H and O–H groups in total. The number of halogens is 1. The second kappa shape index (κ2) is 6.08. The zero-order valence-electron chi connectivity index (χ0n) is 10.9. The molecule has 0 saturated carbocycles. The van der Waals surface area contributed by atoms with Crippen molar-refractivity contribution < 1.29 is 4.21 Å². The molecule has 0 aliphatic carbocycles. The first-order valence-corrected chi connectivity index (χ1v) is 7.64. The van der Waals surface area contributed by atoms with Gasteiger partial charge in [0.1, 0.15) is 0 Å². The molecule has 102 valence electrons. The molecule has 2 aromatic rings. The molecule has 0 aliphatic rings. The minimum atomic E-state index is -1.22. The molecule has 20 heavy (non-hydrogen) atoms. The second-order valence-electron chi connectivity index (χ2n) is 4.43. The Bertz CT molecular complexity index is 722. The van der Waals surface area contributed by atoms with Crippen LogP contribution >= 0.6 is 11.6 Å². The lowest BCUT2D eigenvalue weighted by atomic mass is 10.2. The van der Waals surface area contributed by atoms with Crippen LogP contribution in [0.4, 0.5) is 5.69 Å². The van der Waals surface area contributed by atoms with E-state index in [1.807, 2.05) is 19.1 Å². The van der Waals surface area contributed by atoms with Crippen molar-refractivity contribution in [3.8, 4) is 6.07 Å². The SMILES string of the molecule is Cc1ccc(N)cc1S(=O)Cc1ccc(C#N)cc1Cl. The third kappa shape index (κ3) is 3.19. The Morgan fingerprint density at radius 3 is 2.70 bits per heavy atom. The van der Waals surface area contributed by atoms with Crippen molar-refractivity contribution in [2.24, 2.45) is 0 Å². The topological polar surface area (TPSA) is 66.9 Å². The second-order valence-corrected chi connectivity index (χ2v) is 6.26. The molecule has 0 aromatic heterocycles. The largest absolute Gasteiger partial charge is 0.399 e. The lowest BCUT2D eigenvalue weighted by molar-refractivity contribution is 0.682. The lowest BCUT2D eigenvalue weighted by Gasteiger charge is -2.08. The van der Waals surface area contributed by atoms with Crippen LogP contribution in [0.25, 0.3) is 0 Å². The van der Waals surface area contributed by atoms with Crippen LogP contribution < -0.4 is 5.73 Å². The van der Waals surface area contributed by atoms with Crippen molar-refractivity contribution in [2.45, 2.75) is 17.6 Å². The number of hydrogen-bond donors (Lipinski definition) is 1. The van der Waals surface area contributed by atoms with Gasteiger partial charge in [0, 0.05) is 15.6 Å². The van der Waals surface area contributed by atoms with E-state index in [1.54, 1.807) is 30.3 Å². The van der Waals surface area contributed by atoms with Crippen molar-refractivity contribution in [2.75, 3.05) is 5.73 Å². The predicted octanol–water partition coefficient (Wildman–Crippen LogP) is 3.41. The molecule has 0 saturated heterocycles. The molecule has 5 heteroatoms. The number of nitriles is 1. The van der Waals surface area contributed by atoms with Crippen LogP contribution in [0.3, 0.4) is 0 Å². The van der Waals surface area contributed by atoms with E-state index >= 15 is 0 Å². The highest BCUT2D eigenvalue weighted by atomic mass is 35.5. The molecule has 2 rings (SSSR count). The zero-order chi connectivity index (χ0) is 14.7. The van der Waals surface area contributed by atoms with Crippen molar-refractivity contribution in [3.63, 3.8) is 0 Å². The van der Waals surface area contributed by atoms with Gasteiger partial charge in [-0.2, -0.15) is 5.26 Å². The van der Waals surface area contributed by atoms with Gasteiger partial charge in [-0.25, -0.2) is 0 Å². The summed E-state index contributed by atoms with van der Waals surface area (Å²) in [5, 5.41) is 9.25. The molecular weight excluding hydrogens is 292 g/mol. The van der Waals surface area contributed by atoms with Gasteiger partial charge < -0.3 is 5.73 Å². The summed E-state index contributed by atoms with van der Waals surface area (Å²) in [6, 6.07) is 12.4. The van der Waals surface area contributed by atoms with Gasteiger partial charge in [0.05, 0.1) is 28.2 Å². The highest BCUT2D eigenvalue weighted by Crippen LogP contribution is 2.24. The van der Waals surface area contributed by atoms with Crippen LogP contribution in [0, 0.1) is 18.3 Å². The number of rotatable bonds is 3.